The molecule has 1 amide bonds. The molecule has 4 nitrogen and oxygen atoms in total. The Labute approximate surface area is 79.0 Å². The SMILES string of the molecule is CC1CCC(CN)(C(=O)NN)CC1. The Hall–Kier alpha value is -0.610. The molecule has 0 heterocycles. The number of nitrogens with two attached hydrogens (primary N) is 2. The van der Waals surface area contributed by atoms with Gasteiger partial charge in [-0.05, 0) is 31.6 Å². The lowest BCUT2D eigenvalue weighted by Gasteiger charge is -2.36. The van der Waals surface area contributed by atoms with Gasteiger partial charge in [0.15, 0.2) is 0 Å². The van der Waals surface area contributed by atoms with Gasteiger partial charge in [-0.3, -0.25) is 10.2 Å². The van der Waals surface area contributed by atoms with E-state index in [1.165, 1.54) is 0 Å². The van der Waals surface area contributed by atoms with Crippen LogP contribution in [0.15, 0.2) is 0 Å². The van der Waals surface area contributed by atoms with Crippen LogP contribution < -0.4 is 17.0 Å². The van der Waals surface area contributed by atoms with E-state index >= 15 is 0 Å². The van der Waals surface area contributed by atoms with Crippen molar-refractivity contribution >= 4 is 5.91 Å². The zero-order valence-electron chi connectivity index (χ0n) is 8.18. The molecule has 13 heavy (non-hydrogen) atoms. The largest absolute Gasteiger partial charge is 0.329 e. The standard InChI is InChI=1S/C9H19N3O/c1-7-2-4-9(6-10,5-3-7)8(13)12-11/h7H,2-6,10-11H2,1H3,(H,12,13). The summed E-state index contributed by atoms with van der Waals surface area (Å²) in [7, 11) is 0. The fourth-order valence-electron chi connectivity index (χ4n) is 1.99. The number of nitrogens with one attached hydrogen (secondary N) is 1. The molecule has 4 heteroatoms. The van der Waals surface area contributed by atoms with Gasteiger partial charge in [0, 0.05) is 6.54 Å². The van der Waals surface area contributed by atoms with Gasteiger partial charge in [-0.15, -0.1) is 0 Å². The van der Waals surface area contributed by atoms with Crippen LogP contribution in [-0.2, 0) is 4.79 Å². The molecule has 1 rings (SSSR count). The van der Waals surface area contributed by atoms with Crippen molar-refractivity contribution in [3.05, 3.63) is 0 Å². The van der Waals surface area contributed by atoms with Crippen LogP contribution in [0.4, 0.5) is 0 Å². The van der Waals surface area contributed by atoms with Crippen LogP contribution in [0.3, 0.4) is 0 Å². The molecule has 0 aliphatic heterocycles. The molecule has 1 saturated carbocycles. The van der Waals surface area contributed by atoms with Crippen molar-refractivity contribution in [2.75, 3.05) is 6.54 Å². The van der Waals surface area contributed by atoms with Gasteiger partial charge in [0.25, 0.3) is 0 Å². The fourth-order valence-corrected chi connectivity index (χ4v) is 1.99. The summed E-state index contributed by atoms with van der Waals surface area (Å²) in [4.78, 5) is 11.5. The Morgan fingerprint density at radius 1 is 1.54 bits per heavy atom. The van der Waals surface area contributed by atoms with Crippen molar-refractivity contribution in [1.29, 1.82) is 0 Å². The molecule has 0 aromatic carbocycles. The minimum absolute atomic E-state index is 0.0955. The summed E-state index contributed by atoms with van der Waals surface area (Å²) in [5.74, 6) is 5.76. The second-order valence-corrected chi connectivity index (χ2v) is 4.14. The normalized spacial score (nSPS) is 34.2. The van der Waals surface area contributed by atoms with Crippen molar-refractivity contribution in [2.45, 2.75) is 32.6 Å². The molecular formula is C9H19N3O. The second-order valence-electron chi connectivity index (χ2n) is 4.14. The molecule has 0 spiro atoms. The number of carbonyl (C=O) groups excluding carboxylic acids is 1. The lowest BCUT2D eigenvalue weighted by atomic mass is 9.70. The van der Waals surface area contributed by atoms with Crippen LogP contribution >= 0.6 is 0 Å². The van der Waals surface area contributed by atoms with E-state index in [0.29, 0.717) is 12.5 Å². The molecule has 1 fully saturated rings. The van der Waals surface area contributed by atoms with Crippen LogP contribution in [0.25, 0.3) is 0 Å². The van der Waals surface area contributed by atoms with Gasteiger partial charge in [0.05, 0.1) is 5.41 Å². The lowest BCUT2D eigenvalue weighted by Crippen LogP contribution is -2.50. The van der Waals surface area contributed by atoms with Crippen LogP contribution in [0.2, 0.25) is 0 Å². The molecule has 0 atom stereocenters. The van der Waals surface area contributed by atoms with Gasteiger partial charge in [-0.25, -0.2) is 5.84 Å². The Bertz CT molecular complexity index is 185. The van der Waals surface area contributed by atoms with Crippen LogP contribution in [0.1, 0.15) is 32.6 Å². The van der Waals surface area contributed by atoms with Gasteiger partial charge in [0.1, 0.15) is 0 Å². The van der Waals surface area contributed by atoms with E-state index < -0.39 is 0 Å². The van der Waals surface area contributed by atoms with E-state index in [-0.39, 0.29) is 11.3 Å². The van der Waals surface area contributed by atoms with Gasteiger partial charge in [-0.2, -0.15) is 0 Å². The second kappa shape index (κ2) is 4.07. The molecule has 1 aliphatic rings. The predicted molar refractivity (Wildman–Crippen MR) is 51.4 cm³/mol. The maximum atomic E-state index is 11.5. The number of carbonyl (C=O) groups is 1. The number of amides is 1. The molecule has 5 N–H and O–H groups in total. The van der Waals surface area contributed by atoms with Gasteiger partial charge < -0.3 is 5.73 Å². The van der Waals surface area contributed by atoms with Crippen molar-refractivity contribution in [1.82, 2.24) is 5.43 Å². The summed E-state index contributed by atoms with van der Waals surface area (Å²) in [6.45, 7) is 2.61. The summed E-state index contributed by atoms with van der Waals surface area (Å²) < 4.78 is 0. The zero-order chi connectivity index (χ0) is 9.90. The van der Waals surface area contributed by atoms with Crippen LogP contribution in [-0.4, -0.2) is 12.5 Å². The van der Waals surface area contributed by atoms with Gasteiger partial charge >= 0.3 is 0 Å². The van der Waals surface area contributed by atoms with Crippen molar-refractivity contribution in [3.63, 3.8) is 0 Å². The Balaban J connectivity index is 2.65. The molecule has 0 unspecified atom stereocenters. The third kappa shape index (κ3) is 2.00. The Kier molecular flexibility index (Phi) is 3.27. The maximum Gasteiger partial charge on any atom is 0.241 e. The summed E-state index contributed by atoms with van der Waals surface area (Å²) in [6, 6.07) is 0. The Morgan fingerprint density at radius 3 is 2.46 bits per heavy atom. The number of hydrazine groups is 1. The summed E-state index contributed by atoms with van der Waals surface area (Å²) in [5.41, 5.74) is 7.48. The smallest absolute Gasteiger partial charge is 0.241 e. The summed E-state index contributed by atoms with van der Waals surface area (Å²) in [6.07, 6.45) is 3.89. The highest BCUT2D eigenvalue weighted by Gasteiger charge is 2.39. The first-order chi connectivity index (χ1) is 6.14. The number of hydrogen-bond acceptors (Lipinski definition) is 3. The van der Waals surface area contributed by atoms with Crippen molar-refractivity contribution < 1.29 is 4.79 Å². The van der Waals surface area contributed by atoms with Gasteiger partial charge in [0.2, 0.25) is 5.91 Å². The molecule has 0 radical (unpaired) electrons. The molecule has 0 aromatic rings. The third-order valence-corrected chi connectivity index (χ3v) is 3.23. The molecule has 0 saturated heterocycles. The van der Waals surface area contributed by atoms with Crippen molar-refractivity contribution in [3.8, 4) is 0 Å². The number of rotatable bonds is 2. The number of hydrogen-bond donors (Lipinski definition) is 3. The highest BCUT2D eigenvalue weighted by Crippen LogP contribution is 2.37. The first kappa shape index (κ1) is 10.5. The van der Waals surface area contributed by atoms with E-state index in [4.69, 9.17) is 11.6 Å². The monoisotopic (exact) mass is 185 g/mol. The minimum atomic E-state index is -0.388. The maximum absolute atomic E-state index is 11.5. The molecular weight excluding hydrogens is 166 g/mol. The first-order valence-electron chi connectivity index (χ1n) is 4.86. The average Bonchev–Trinajstić information content (AvgIpc) is 2.18. The quantitative estimate of drug-likeness (QED) is 0.325. The van der Waals surface area contributed by atoms with Crippen LogP contribution in [0.5, 0.6) is 0 Å². The first-order valence-corrected chi connectivity index (χ1v) is 4.86. The highest BCUT2D eigenvalue weighted by atomic mass is 16.2. The average molecular weight is 185 g/mol. The Morgan fingerprint density at radius 2 is 2.08 bits per heavy atom. The van der Waals surface area contributed by atoms with E-state index in [2.05, 4.69) is 12.3 Å². The summed E-state index contributed by atoms with van der Waals surface area (Å²) in [5, 5.41) is 0. The third-order valence-electron chi connectivity index (χ3n) is 3.23. The highest BCUT2D eigenvalue weighted by molar-refractivity contribution is 5.82. The summed E-state index contributed by atoms with van der Waals surface area (Å²) >= 11 is 0. The van der Waals surface area contributed by atoms with Crippen LogP contribution in [0, 0.1) is 11.3 Å². The molecule has 1 aliphatic carbocycles. The van der Waals surface area contributed by atoms with E-state index in [1.807, 2.05) is 0 Å². The van der Waals surface area contributed by atoms with E-state index in [1.54, 1.807) is 0 Å². The molecule has 76 valence electrons. The van der Waals surface area contributed by atoms with E-state index in [0.717, 1.165) is 25.7 Å². The topological polar surface area (TPSA) is 81.1 Å². The van der Waals surface area contributed by atoms with E-state index in [9.17, 15) is 4.79 Å². The molecule has 0 bridgehead atoms. The van der Waals surface area contributed by atoms with Gasteiger partial charge in [-0.1, -0.05) is 6.92 Å². The molecule has 0 aromatic heterocycles. The predicted octanol–water partition coefficient (Wildman–Crippen LogP) is 0.132. The van der Waals surface area contributed by atoms with Crippen molar-refractivity contribution in [2.24, 2.45) is 22.9 Å². The zero-order valence-corrected chi connectivity index (χ0v) is 8.18. The lowest BCUT2D eigenvalue weighted by molar-refractivity contribution is -0.132. The fraction of sp³-hybridized carbons (Fsp3) is 0.889. The minimum Gasteiger partial charge on any atom is -0.329 e.